The maximum absolute atomic E-state index is 12.5. The van der Waals surface area contributed by atoms with Gasteiger partial charge in [-0.25, -0.2) is 0 Å². The molecule has 0 spiro atoms. The Hall–Kier alpha value is -3.00. The number of hydrogen-bond acceptors (Lipinski definition) is 6. The van der Waals surface area contributed by atoms with Gasteiger partial charge in [-0.15, -0.1) is 0 Å². The fourth-order valence-electron chi connectivity index (χ4n) is 3.03. The molecule has 2 amide bonds. The topological polar surface area (TPSA) is 77.8 Å². The average molecular weight is 400 g/mol. The molecule has 146 valence electrons. The largest absolute Gasteiger partial charge is 0.497 e. The molecule has 0 unspecified atom stereocenters. The molecule has 1 aliphatic rings. The van der Waals surface area contributed by atoms with E-state index < -0.39 is 17.1 Å². The van der Waals surface area contributed by atoms with Gasteiger partial charge in [0.05, 0.1) is 19.1 Å². The summed E-state index contributed by atoms with van der Waals surface area (Å²) in [4.78, 5) is 37.2. The number of ether oxygens (including phenoxy) is 2. The van der Waals surface area contributed by atoms with Gasteiger partial charge in [0, 0.05) is 17.1 Å². The van der Waals surface area contributed by atoms with Crippen molar-refractivity contribution in [2.24, 2.45) is 0 Å². The number of esters is 1. The van der Waals surface area contributed by atoms with E-state index in [1.54, 1.807) is 13.2 Å². The van der Waals surface area contributed by atoms with E-state index in [1.807, 2.05) is 44.2 Å². The minimum absolute atomic E-state index is 0.281. The van der Waals surface area contributed by atoms with Crippen LogP contribution in [0, 0.1) is 13.8 Å². The summed E-state index contributed by atoms with van der Waals surface area (Å²) in [5.74, 6) is -0.360. The Labute approximate surface area is 166 Å². The van der Waals surface area contributed by atoms with Crippen molar-refractivity contribution in [1.82, 2.24) is 9.47 Å². The number of hydrogen-bond donors (Lipinski definition) is 0. The van der Waals surface area contributed by atoms with Crippen LogP contribution in [0.1, 0.15) is 17.0 Å². The summed E-state index contributed by atoms with van der Waals surface area (Å²) in [6.07, 6.45) is 1.69. The quantitative estimate of drug-likeness (QED) is 0.566. The zero-order chi connectivity index (χ0) is 20.4. The maximum Gasteiger partial charge on any atom is 0.325 e. The molecule has 0 saturated carbocycles. The molecule has 7 nitrogen and oxygen atoms in total. The van der Waals surface area contributed by atoms with E-state index in [4.69, 9.17) is 4.74 Å². The number of carbonyl (C=O) groups is 3. The number of benzene rings is 1. The highest BCUT2D eigenvalue weighted by molar-refractivity contribution is 8.18. The molecule has 1 aromatic heterocycles. The predicted octanol–water partition coefficient (Wildman–Crippen LogP) is 3.31. The lowest BCUT2D eigenvalue weighted by atomic mass is 10.2. The Kier molecular flexibility index (Phi) is 5.60. The highest BCUT2D eigenvalue weighted by Crippen LogP contribution is 2.33. The zero-order valence-corrected chi connectivity index (χ0v) is 16.8. The van der Waals surface area contributed by atoms with E-state index in [0.29, 0.717) is 0 Å². The first-order valence-corrected chi connectivity index (χ1v) is 9.33. The fraction of sp³-hybridized carbons (Fsp3) is 0.250. The van der Waals surface area contributed by atoms with Gasteiger partial charge < -0.3 is 14.0 Å². The molecule has 2 heterocycles. The van der Waals surface area contributed by atoms with Crippen molar-refractivity contribution in [2.75, 3.05) is 20.8 Å². The highest BCUT2D eigenvalue weighted by atomic mass is 32.2. The van der Waals surface area contributed by atoms with Gasteiger partial charge in [0.25, 0.3) is 11.1 Å². The van der Waals surface area contributed by atoms with Crippen LogP contribution in [-0.4, -0.2) is 47.3 Å². The molecule has 0 bridgehead atoms. The minimum Gasteiger partial charge on any atom is -0.497 e. The number of amides is 2. The van der Waals surface area contributed by atoms with E-state index in [0.717, 1.165) is 45.1 Å². The van der Waals surface area contributed by atoms with E-state index in [-0.39, 0.29) is 11.4 Å². The SMILES string of the molecule is COC(=O)CN1C(=O)SC(=Cc2cc(C)n(-c3ccc(OC)cc3)c2C)C1=O. The molecule has 1 aliphatic heterocycles. The van der Waals surface area contributed by atoms with E-state index in [2.05, 4.69) is 9.30 Å². The van der Waals surface area contributed by atoms with Crippen LogP contribution in [0.3, 0.4) is 0 Å². The standard InChI is InChI=1S/C20H20N2O5S/c1-12-9-14(13(2)22(12)15-5-7-16(26-3)8-6-15)10-17-19(24)21(20(25)28-17)11-18(23)27-4/h5-10H,11H2,1-4H3. The summed E-state index contributed by atoms with van der Waals surface area (Å²) in [7, 11) is 2.83. The molecule has 0 radical (unpaired) electrons. The number of aryl methyl sites for hydroxylation is 1. The summed E-state index contributed by atoms with van der Waals surface area (Å²) in [5, 5.41) is -0.481. The van der Waals surface area contributed by atoms with Gasteiger partial charge in [-0.2, -0.15) is 0 Å². The Balaban J connectivity index is 1.92. The third-order valence-corrected chi connectivity index (χ3v) is 5.38. The van der Waals surface area contributed by atoms with Crippen LogP contribution in [0.15, 0.2) is 35.2 Å². The van der Waals surface area contributed by atoms with Gasteiger partial charge in [-0.1, -0.05) is 0 Å². The van der Waals surface area contributed by atoms with Crippen molar-refractivity contribution in [3.05, 3.63) is 52.2 Å². The molecule has 28 heavy (non-hydrogen) atoms. The second-order valence-electron chi connectivity index (χ2n) is 6.20. The Morgan fingerprint density at radius 2 is 1.82 bits per heavy atom. The summed E-state index contributed by atoms with van der Waals surface area (Å²) in [6, 6.07) is 9.62. The van der Waals surface area contributed by atoms with Crippen molar-refractivity contribution < 1.29 is 23.9 Å². The second-order valence-corrected chi connectivity index (χ2v) is 7.20. The van der Waals surface area contributed by atoms with E-state index >= 15 is 0 Å². The van der Waals surface area contributed by atoms with Gasteiger partial charge in [-0.05, 0) is 67.6 Å². The third-order valence-electron chi connectivity index (χ3n) is 4.48. The third kappa shape index (κ3) is 3.68. The highest BCUT2D eigenvalue weighted by Gasteiger charge is 2.36. The van der Waals surface area contributed by atoms with Crippen LogP contribution in [0.5, 0.6) is 5.75 Å². The van der Waals surface area contributed by atoms with Crippen LogP contribution in [0.2, 0.25) is 0 Å². The van der Waals surface area contributed by atoms with Crippen LogP contribution in [0.25, 0.3) is 11.8 Å². The summed E-state index contributed by atoms with van der Waals surface area (Å²) in [6.45, 7) is 3.53. The normalized spacial score (nSPS) is 15.4. The van der Waals surface area contributed by atoms with Gasteiger partial charge in [0.1, 0.15) is 12.3 Å². The molecule has 8 heteroatoms. The van der Waals surface area contributed by atoms with Gasteiger partial charge in [-0.3, -0.25) is 19.3 Å². The lowest BCUT2D eigenvalue weighted by Crippen LogP contribution is -2.34. The summed E-state index contributed by atoms with van der Waals surface area (Å²) >= 11 is 0.819. The average Bonchev–Trinajstić information content (AvgIpc) is 3.11. The first-order chi connectivity index (χ1) is 13.3. The molecule has 0 N–H and O–H groups in total. The van der Waals surface area contributed by atoms with Gasteiger partial charge in [0.15, 0.2) is 0 Å². The lowest BCUT2D eigenvalue weighted by Gasteiger charge is -2.10. The maximum atomic E-state index is 12.5. The minimum atomic E-state index is -0.638. The van der Waals surface area contributed by atoms with Gasteiger partial charge >= 0.3 is 5.97 Å². The van der Waals surface area contributed by atoms with Crippen molar-refractivity contribution in [3.63, 3.8) is 0 Å². The van der Waals surface area contributed by atoms with Crippen LogP contribution >= 0.6 is 11.8 Å². The van der Waals surface area contributed by atoms with Crippen molar-refractivity contribution in [3.8, 4) is 11.4 Å². The monoisotopic (exact) mass is 400 g/mol. The molecular formula is C20H20N2O5S. The number of thioether (sulfide) groups is 1. The van der Waals surface area contributed by atoms with E-state index in [1.165, 1.54) is 7.11 Å². The summed E-state index contributed by atoms with van der Waals surface area (Å²) in [5.41, 5.74) is 3.72. The zero-order valence-electron chi connectivity index (χ0n) is 16.0. The lowest BCUT2D eigenvalue weighted by molar-refractivity contribution is -0.143. The number of rotatable bonds is 5. The van der Waals surface area contributed by atoms with Crippen molar-refractivity contribution in [2.45, 2.75) is 13.8 Å². The molecule has 2 aromatic rings. The van der Waals surface area contributed by atoms with Crippen LogP contribution in [0.4, 0.5) is 4.79 Å². The number of carbonyl (C=O) groups excluding carboxylic acids is 3. The summed E-state index contributed by atoms with van der Waals surface area (Å²) < 4.78 is 11.8. The second kappa shape index (κ2) is 7.93. The van der Waals surface area contributed by atoms with E-state index in [9.17, 15) is 14.4 Å². The smallest absolute Gasteiger partial charge is 0.325 e. The molecule has 1 fully saturated rings. The molecule has 1 saturated heterocycles. The Morgan fingerprint density at radius 1 is 1.14 bits per heavy atom. The number of aromatic nitrogens is 1. The first kappa shape index (κ1) is 19.8. The van der Waals surface area contributed by atoms with Gasteiger partial charge in [0.2, 0.25) is 0 Å². The van der Waals surface area contributed by atoms with Crippen LogP contribution < -0.4 is 4.74 Å². The van der Waals surface area contributed by atoms with Crippen molar-refractivity contribution in [1.29, 1.82) is 0 Å². The molecule has 1 aromatic carbocycles. The van der Waals surface area contributed by atoms with Crippen LogP contribution in [-0.2, 0) is 14.3 Å². The fourth-order valence-corrected chi connectivity index (χ4v) is 3.86. The molecular weight excluding hydrogens is 380 g/mol. The Morgan fingerprint density at radius 3 is 2.43 bits per heavy atom. The van der Waals surface area contributed by atoms with Crippen molar-refractivity contribution >= 4 is 35.0 Å². The molecule has 0 atom stereocenters. The first-order valence-electron chi connectivity index (χ1n) is 8.51. The number of imide groups is 1. The molecule has 0 aliphatic carbocycles. The predicted molar refractivity (Wildman–Crippen MR) is 106 cm³/mol. The number of nitrogens with zero attached hydrogens (tertiary/aromatic N) is 2. The number of methoxy groups -OCH3 is 2. The Bertz CT molecular complexity index is 975. The molecule has 3 rings (SSSR count).